The van der Waals surface area contributed by atoms with Crippen molar-refractivity contribution in [1.82, 2.24) is 4.98 Å². The van der Waals surface area contributed by atoms with Crippen LogP contribution in [0.15, 0.2) is 48.5 Å². The number of benzene rings is 2. The fraction of sp³-hybridized carbons (Fsp3) is 0.133. The Morgan fingerprint density at radius 1 is 1.11 bits per heavy atom. The van der Waals surface area contributed by atoms with Gasteiger partial charge in [-0.2, -0.15) is 0 Å². The average Bonchev–Trinajstić information content (AvgIpc) is 2.79. The van der Waals surface area contributed by atoms with Gasteiger partial charge in [0, 0.05) is 5.69 Å². The van der Waals surface area contributed by atoms with E-state index in [1.54, 1.807) is 11.3 Å². The van der Waals surface area contributed by atoms with Crippen LogP contribution in [0.3, 0.4) is 0 Å². The molecule has 0 aliphatic carbocycles. The molecule has 0 spiro atoms. The molecule has 1 heterocycles. The standard InChI is InChI=1S/C15H14N2S/c1-11-7-8-14-13(9-11)17-15(18-14)10-16-12-5-3-2-4-6-12/h2-9,16H,10H2,1H3. The van der Waals surface area contributed by atoms with Gasteiger partial charge in [-0.3, -0.25) is 0 Å². The summed E-state index contributed by atoms with van der Waals surface area (Å²) in [5.41, 5.74) is 3.49. The van der Waals surface area contributed by atoms with Gasteiger partial charge in [-0.15, -0.1) is 11.3 Å². The molecule has 0 aliphatic heterocycles. The minimum Gasteiger partial charge on any atom is -0.379 e. The zero-order valence-electron chi connectivity index (χ0n) is 10.2. The van der Waals surface area contributed by atoms with Crippen molar-refractivity contribution >= 4 is 27.2 Å². The van der Waals surface area contributed by atoms with Gasteiger partial charge in [0.1, 0.15) is 5.01 Å². The zero-order chi connectivity index (χ0) is 12.4. The highest BCUT2D eigenvalue weighted by Crippen LogP contribution is 2.23. The van der Waals surface area contributed by atoms with Crippen LogP contribution in [0.25, 0.3) is 10.2 Å². The first-order valence-corrected chi connectivity index (χ1v) is 6.78. The maximum atomic E-state index is 4.64. The predicted octanol–water partition coefficient (Wildman–Crippen LogP) is 4.22. The van der Waals surface area contributed by atoms with E-state index in [4.69, 9.17) is 0 Å². The summed E-state index contributed by atoms with van der Waals surface area (Å²) < 4.78 is 1.26. The average molecular weight is 254 g/mol. The molecule has 90 valence electrons. The van der Waals surface area contributed by atoms with Crippen molar-refractivity contribution < 1.29 is 0 Å². The van der Waals surface area contributed by atoms with Crippen LogP contribution in [-0.4, -0.2) is 4.98 Å². The minimum atomic E-state index is 0.780. The molecule has 0 aliphatic rings. The molecule has 0 atom stereocenters. The monoisotopic (exact) mass is 254 g/mol. The van der Waals surface area contributed by atoms with Crippen molar-refractivity contribution in [1.29, 1.82) is 0 Å². The molecule has 0 bridgehead atoms. The van der Waals surface area contributed by atoms with Crippen LogP contribution in [0.2, 0.25) is 0 Å². The maximum absolute atomic E-state index is 4.64. The summed E-state index contributed by atoms with van der Waals surface area (Å²) in [5.74, 6) is 0. The summed E-state index contributed by atoms with van der Waals surface area (Å²) in [7, 11) is 0. The predicted molar refractivity (Wildman–Crippen MR) is 78.1 cm³/mol. The fourth-order valence-electron chi connectivity index (χ4n) is 1.89. The molecule has 0 unspecified atom stereocenters. The Balaban J connectivity index is 1.79. The van der Waals surface area contributed by atoms with Gasteiger partial charge < -0.3 is 5.32 Å². The number of nitrogens with zero attached hydrogens (tertiary/aromatic N) is 1. The first-order chi connectivity index (χ1) is 8.81. The van der Waals surface area contributed by atoms with Gasteiger partial charge in [-0.25, -0.2) is 4.98 Å². The van der Waals surface area contributed by atoms with E-state index < -0.39 is 0 Å². The number of anilines is 1. The first kappa shape index (κ1) is 11.2. The Hall–Kier alpha value is -1.87. The second-order valence-corrected chi connectivity index (χ2v) is 5.41. The first-order valence-electron chi connectivity index (χ1n) is 5.96. The van der Waals surface area contributed by atoms with E-state index in [0.29, 0.717) is 0 Å². The summed E-state index contributed by atoms with van der Waals surface area (Å²) >= 11 is 1.75. The Bertz CT molecular complexity index is 659. The Labute approximate surface area is 110 Å². The molecule has 3 heteroatoms. The van der Waals surface area contributed by atoms with E-state index in [2.05, 4.69) is 47.6 Å². The van der Waals surface area contributed by atoms with Crippen molar-refractivity contribution in [2.75, 3.05) is 5.32 Å². The summed E-state index contributed by atoms with van der Waals surface area (Å²) in [6.45, 7) is 2.88. The molecule has 0 fully saturated rings. The summed E-state index contributed by atoms with van der Waals surface area (Å²) in [6, 6.07) is 16.6. The Morgan fingerprint density at radius 2 is 1.94 bits per heavy atom. The van der Waals surface area contributed by atoms with E-state index in [9.17, 15) is 0 Å². The Kier molecular flexibility index (Phi) is 2.99. The van der Waals surface area contributed by atoms with Gasteiger partial charge in [0.15, 0.2) is 0 Å². The highest BCUT2D eigenvalue weighted by atomic mass is 32.1. The molecule has 3 rings (SSSR count). The quantitative estimate of drug-likeness (QED) is 0.757. The van der Waals surface area contributed by atoms with Gasteiger partial charge in [-0.1, -0.05) is 24.3 Å². The number of thiazole rings is 1. The lowest BCUT2D eigenvalue weighted by Gasteiger charge is -2.02. The van der Waals surface area contributed by atoms with E-state index in [1.165, 1.54) is 10.3 Å². The van der Waals surface area contributed by atoms with Crippen LogP contribution in [0.5, 0.6) is 0 Å². The lowest BCUT2D eigenvalue weighted by atomic mass is 10.2. The van der Waals surface area contributed by atoms with Crippen LogP contribution in [-0.2, 0) is 6.54 Å². The number of aryl methyl sites for hydroxylation is 1. The summed E-state index contributed by atoms with van der Waals surface area (Å²) in [6.07, 6.45) is 0. The van der Waals surface area contributed by atoms with E-state index in [-0.39, 0.29) is 0 Å². The van der Waals surface area contributed by atoms with Gasteiger partial charge in [0.25, 0.3) is 0 Å². The van der Waals surface area contributed by atoms with Crippen molar-refractivity contribution in [3.05, 3.63) is 59.1 Å². The van der Waals surface area contributed by atoms with Crippen LogP contribution in [0.1, 0.15) is 10.6 Å². The van der Waals surface area contributed by atoms with Gasteiger partial charge >= 0.3 is 0 Å². The maximum Gasteiger partial charge on any atom is 0.113 e. The van der Waals surface area contributed by atoms with E-state index in [1.807, 2.05) is 18.2 Å². The third-order valence-electron chi connectivity index (χ3n) is 2.80. The molecule has 18 heavy (non-hydrogen) atoms. The molecule has 2 aromatic carbocycles. The third kappa shape index (κ3) is 2.36. The number of para-hydroxylation sites is 1. The molecule has 0 amide bonds. The highest BCUT2D eigenvalue weighted by Gasteiger charge is 2.03. The SMILES string of the molecule is Cc1ccc2sc(CNc3ccccc3)nc2c1. The molecule has 1 N–H and O–H groups in total. The lowest BCUT2D eigenvalue weighted by Crippen LogP contribution is -1.97. The second kappa shape index (κ2) is 4.78. The third-order valence-corrected chi connectivity index (χ3v) is 3.84. The fourth-order valence-corrected chi connectivity index (χ4v) is 2.78. The van der Waals surface area contributed by atoms with E-state index in [0.717, 1.165) is 22.8 Å². The topological polar surface area (TPSA) is 24.9 Å². The number of hydrogen-bond acceptors (Lipinski definition) is 3. The van der Waals surface area contributed by atoms with Crippen LogP contribution < -0.4 is 5.32 Å². The van der Waals surface area contributed by atoms with E-state index >= 15 is 0 Å². The normalized spacial score (nSPS) is 10.7. The summed E-state index contributed by atoms with van der Waals surface area (Å²) in [4.78, 5) is 4.64. The van der Waals surface area contributed by atoms with Crippen molar-refractivity contribution in [3.63, 3.8) is 0 Å². The minimum absolute atomic E-state index is 0.780. The molecular weight excluding hydrogens is 240 g/mol. The number of aromatic nitrogens is 1. The molecule has 2 nitrogen and oxygen atoms in total. The smallest absolute Gasteiger partial charge is 0.113 e. The van der Waals surface area contributed by atoms with Crippen molar-refractivity contribution in [3.8, 4) is 0 Å². The lowest BCUT2D eigenvalue weighted by molar-refractivity contribution is 1.12. The molecule has 3 aromatic rings. The van der Waals surface area contributed by atoms with Gasteiger partial charge in [-0.05, 0) is 36.8 Å². The Morgan fingerprint density at radius 3 is 2.78 bits per heavy atom. The number of nitrogens with one attached hydrogen (secondary N) is 1. The molecule has 0 saturated heterocycles. The molecule has 1 aromatic heterocycles. The largest absolute Gasteiger partial charge is 0.379 e. The summed E-state index contributed by atoms with van der Waals surface area (Å²) in [5, 5.41) is 4.51. The van der Waals surface area contributed by atoms with Gasteiger partial charge in [0.05, 0.1) is 16.8 Å². The van der Waals surface area contributed by atoms with Crippen LogP contribution in [0, 0.1) is 6.92 Å². The van der Waals surface area contributed by atoms with Crippen LogP contribution >= 0.6 is 11.3 Å². The molecular formula is C15H14N2S. The number of rotatable bonds is 3. The molecule has 0 saturated carbocycles. The molecule has 0 radical (unpaired) electrons. The van der Waals surface area contributed by atoms with Crippen molar-refractivity contribution in [2.24, 2.45) is 0 Å². The second-order valence-electron chi connectivity index (χ2n) is 4.30. The zero-order valence-corrected chi connectivity index (χ0v) is 11.0. The number of fused-ring (bicyclic) bond motifs is 1. The number of hydrogen-bond donors (Lipinski definition) is 1. The highest BCUT2D eigenvalue weighted by molar-refractivity contribution is 7.18. The van der Waals surface area contributed by atoms with Gasteiger partial charge in [0.2, 0.25) is 0 Å². The van der Waals surface area contributed by atoms with Crippen molar-refractivity contribution in [2.45, 2.75) is 13.5 Å². The van der Waals surface area contributed by atoms with Crippen LogP contribution in [0.4, 0.5) is 5.69 Å².